The Kier molecular flexibility index (Phi) is 4.72. The number of hydrogen-bond acceptors (Lipinski definition) is 5. The second kappa shape index (κ2) is 6.70. The largest absolute Gasteiger partial charge is 0.486 e. The van der Waals surface area contributed by atoms with Crippen LogP contribution in [0, 0.1) is 11.3 Å². The SMILES string of the molecule is N#Cc1c(Cl)cccc1OCc1cccc(C(=O)NN)n1. The highest BCUT2D eigenvalue weighted by molar-refractivity contribution is 6.31. The Labute approximate surface area is 126 Å². The number of nitrogens with two attached hydrogens (primary N) is 1. The van der Waals surface area contributed by atoms with Crippen LogP contribution in [0.25, 0.3) is 0 Å². The van der Waals surface area contributed by atoms with Gasteiger partial charge in [-0.25, -0.2) is 10.8 Å². The van der Waals surface area contributed by atoms with Crippen molar-refractivity contribution in [3.63, 3.8) is 0 Å². The van der Waals surface area contributed by atoms with Crippen LogP contribution in [0.4, 0.5) is 0 Å². The number of carbonyl (C=O) groups excluding carboxylic acids is 1. The minimum Gasteiger partial charge on any atom is -0.486 e. The molecule has 0 bridgehead atoms. The fraction of sp³-hybridized carbons (Fsp3) is 0.0714. The smallest absolute Gasteiger partial charge is 0.283 e. The maximum Gasteiger partial charge on any atom is 0.283 e. The number of nitriles is 1. The number of rotatable bonds is 4. The van der Waals surface area contributed by atoms with Gasteiger partial charge < -0.3 is 4.74 Å². The quantitative estimate of drug-likeness (QED) is 0.509. The Balaban J connectivity index is 2.16. The van der Waals surface area contributed by atoms with Crippen molar-refractivity contribution in [2.75, 3.05) is 0 Å². The van der Waals surface area contributed by atoms with E-state index in [-0.39, 0.29) is 17.9 Å². The predicted octanol–water partition coefficient (Wildman–Crippen LogP) is 1.79. The lowest BCUT2D eigenvalue weighted by Gasteiger charge is -2.09. The fourth-order valence-electron chi connectivity index (χ4n) is 1.65. The summed E-state index contributed by atoms with van der Waals surface area (Å²) in [7, 11) is 0. The highest BCUT2D eigenvalue weighted by Gasteiger charge is 2.09. The van der Waals surface area contributed by atoms with E-state index in [0.717, 1.165) is 0 Å². The molecule has 1 heterocycles. The molecule has 106 valence electrons. The van der Waals surface area contributed by atoms with E-state index in [1.807, 2.05) is 11.5 Å². The lowest BCUT2D eigenvalue weighted by molar-refractivity contribution is 0.0948. The van der Waals surface area contributed by atoms with Crippen LogP contribution in [-0.2, 0) is 6.61 Å². The normalized spacial score (nSPS) is 9.76. The molecule has 1 aromatic heterocycles. The first-order chi connectivity index (χ1) is 10.2. The fourth-order valence-corrected chi connectivity index (χ4v) is 1.85. The molecular weight excluding hydrogens is 292 g/mol. The van der Waals surface area contributed by atoms with Gasteiger partial charge >= 0.3 is 0 Å². The van der Waals surface area contributed by atoms with Gasteiger partial charge in [0, 0.05) is 0 Å². The Morgan fingerprint density at radius 1 is 1.38 bits per heavy atom. The zero-order valence-corrected chi connectivity index (χ0v) is 11.6. The van der Waals surface area contributed by atoms with Crippen LogP contribution in [0.3, 0.4) is 0 Å². The Morgan fingerprint density at radius 2 is 2.14 bits per heavy atom. The topological polar surface area (TPSA) is 101 Å². The second-order valence-corrected chi connectivity index (χ2v) is 4.41. The third kappa shape index (κ3) is 3.48. The van der Waals surface area contributed by atoms with Crippen molar-refractivity contribution >= 4 is 17.5 Å². The van der Waals surface area contributed by atoms with Crippen LogP contribution < -0.4 is 16.0 Å². The molecule has 0 spiro atoms. The first kappa shape index (κ1) is 14.8. The van der Waals surface area contributed by atoms with Crippen molar-refractivity contribution in [1.29, 1.82) is 5.26 Å². The molecule has 0 atom stereocenters. The molecular formula is C14H11ClN4O2. The molecule has 3 N–H and O–H groups in total. The third-order valence-electron chi connectivity index (χ3n) is 2.63. The van der Waals surface area contributed by atoms with E-state index in [4.69, 9.17) is 27.4 Å². The number of amides is 1. The molecule has 2 aromatic rings. The van der Waals surface area contributed by atoms with Gasteiger partial charge in [0.1, 0.15) is 29.7 Å². The number of nitrogens with zero attached hydrogens (tertiary/aromatic N) is 2. The molecule has 0 saturated heterocycles. The van der Waals surface area contributed by atoms with E-state index in [0.29, 0.717) is 16.5 Å². The number of benzene rings is 1. The molecule has 0 aliphatic heterocycles. The molecule has 1 aromatic carbocycles. The van der Waals surface area contributed by atoms with Crippen LogP contribution >= 0.6 is 11.6 Å². The summed E-state index contributed by atoms with van der Waals surface area (Å²) in [4.78, 5) is 15.5. The third-order valence-corrected chi connectivity index (χ3v) is 2.95. The summed E-state index contributed by atoms with van der Waals surface area (Å²) >= 11 is 5.91. The second-order valence-electron chi connectivity index (χ2n) is 4.00. The zero-order chi connectivity index (χ0) is 15.2. The molecule has 21 heavy (non-hydrogen) atoms. The van der Waals surface area contributed by atoms with Gasteiger partial charge in [0.05, 0.1) is 10.7 Å². The average Bonchev–Trinajstić information content (AvgIpc) is 2.52. The molecule has 0 saturated carbocycles. The number of hydrogen-bond donors (Lipinski definition) is 2. The lowest BCUT2D eigenvalue weighted by atomic mass is 10.2. The predicted molar refractivity (Wildman–Crippen MR) is 76.4 cm³/mol. The van der Waals surface area contributed by atoms with Crippen molar-refractivity contribution in [1.82, 2.24) is 10.4 Å². The maximum absolute atomic E-state index is 11.4. The molecule has 0 radical (unpaired) electrons. The van der Waals surface area contributed by atoms with Crippen LogP contribution in [0.15, 0.2) is 36.4 Å². The standard InChI is InChI=1S/C14H11ClN4O2/c15-11-4-2-6-13(10(11)7-16)21-8-9-3-1-5-12(18-9)14(20)19-17/h1-6H,8,17H2,(H,19,20). The first-order valence-corrected chi connectivity index (χ1v) is 6.31. The molecule has 6 nitrogen and oxygen atoms in total. The summed E-state index contributed by atoms with van der Waals surface area (Å²) in [5, 5.41) is 9.37. The highest BCUT2D eigenvalue weighted by Crippen LogP contribution is 2.25. The van der Waals surface area contributed by atoms with Crippen LogP contribution in [0.2, 0.25) is 5.02 Å². The van der Waals surface area contributed by atoms with E-state index in [1.54, 1.807) is 30.3 Å². The summed E-state index contributed by atoms with van der Waals surface area (Å²) in [5.41, 5.74) is 2.98. The summed E-state index contributed by atoms with van der Waals surface area (Å²) < 4.78 is 5.53. The van der Waals surface area contributed by atoms with Gasteiger partial charge in [-0.15, -0.1) is 0 Å². The number of pyridine rings is 1. The van der Waals surface area contributed by atoms with E-state index in [2.05, 4.69) is 4.98 Å². The summed E-state index contributed by atoms with van der Waals surface area (Å²) in [6, 6.07) is 11.8. The van der Waals surface area contributed by atoms with Gasteiger partial charge in [0.15, 0.2) is 0 Å². The molecule has 0 unspecified atom stereocenters. The van der Waals surface area contributed by atoms with Crippen molar-refractivity contribution in [2.24, 2.45) is 5.84 Å². The number of ether oxygens (including phenoxy) is 1. The Bertz CT molecular complexity index is 712. The molecule has 1 amide bonds. The molecule has 2 rings (SSSR count). The van der Waals surface area contributed by atoms with E-state index in [9.17, 15) is 4.79 Å². The van der Waals surface area contributed by atoms with E-state index < -0.39 is 5.91 Å². The zero-order valence-electron chi connectivity index (χ0n) is 10.8. The van der Waals surface area contributed by atoms with Crippen LogP contribution in [0.1, 0.15) is 21.7 Å². The van der Waals surface area contributed by atoms with Gasteiger partial charge in [-0.3, -0.25) is 10.2 Å². The summed E-state index contributed by atoms with van der Waals surface area (Å²) in [5.74, 6) is 4.93. The average molecular weight is 303 g/mol. The molecule has 0 aliphatic carbocycles. The molecule has 0 aliphatic rings. The first-order valence-electron chi connectivity index (χ1n) is 5.94. The van der Waals surface area contributed by atoms with Gasteiger partial charge in [-0.05, 0) is 24.3 Å². The lowest BCUT2D eigenvalue weighted by Crippen LogP contribution is -2.30. The summed E-state index contributed by atoms with van der Waals surface area (Å²) in [6.07, 6.45) is 0. The number of halogens is 1. The molecule has 7 heteroatoms. The molecule has 0 fully saturated rings. The minimum absolute atomic E-state index is 0.0979. The van der Waals surface area contributed by atoms with Crippen LogP contribution in [-0.4, -0.2) is 10.9 Å². The number of nitrogens with one attached hydrogen (secondary N) is 1. The van der Waals surface area contributed by atoms with Crippen molar-refractivity contribution in [3.05, 3.63) is 58.4 Å². The van der Waals surface area contributed by atoms with Crippen LogP contribution in [0.5, 0.6) is 5.75 Å². The van der Waals surface area contributed by atoms with Crippen molar-refractivity contribution in [3.8, 4) is 11.8 Å². The number of aromatic nitrogens is 1. The Morgan fingerprint density at radius 3 is 2.86 bits per heavy atom. The van der Waals surface area contributed by atoms with E-state index >= 15 is 0 Å². The number of carbonyl (C=O) groups is 1. The minimum atomic E-state index is -0.489. The highest BCUT2D eigenvalue weighted by atomic mass is 35.5. The van der Waals surface area contributed by atoms with Gasteiger partial charge in [0.2, 0.25) is 0 Å². The van der Waals surface area contributed by atoms with Gasteiger partial charge in [0.25, 0.3) is 5.91 Å². The van der Waals surface area contributed by atoms with Crippen molar-refractivity contribution < 1.29 is 9.53 Å². The monoisotopic (exact) mass is 302 g/mol. The van der Waals surface area contributed by atoms with E-state index in [1.165, 1.54) is 6.07 Å². The van der Waals surface area contributed by atoms with Gasteiger partial charge in [-0.1, -0.05) is 23.7 Å². The summed E-state index contributed by atoms with van der Waals surface area (Å²) in [6.45, 7) is 0.0979. The maximum atomic E-state index is 11.4. The van der Waals surface area contributed by atoms with Gasteiger partial charge in [-0.2, -0.15) is 5.26 Å². The Hall–Kier alpha value is -2.62. The van der Waals surface area contributed by atoms with Crippen molar-refractivity contribution in [2.45, 2.75) is 6.61 Å². The number of nitrogen functional groups attached to an aromatic ring is 1. The number of hydrazine groups is 1.